The minimum Gasteiger partial charge on any atom is -0.393 e. The zero-order chi connectivity index (χ0) is 9.73. The fraction of sp³-hybridized carbons (Fsp3) is 1.00. The quantitative estimate of drug-likeness (QED) is 0.723. The highest BCUT2D eigenvalue weighted by atomic mass is 16.5. The average molecular weight is 188 g/mol. The van der Waals surface area contributed by atoms with E-state index in [0.29, 0.717) is 13.0 Å². The fourth-order valence-corrected chi connectivity index (χ4v) is 2.05. The lowest BCUT2D eigenvalue weighted by molar-refractivity contribution is -0.133. The molecule has 0 amide bonds. The van der Waals surface area contributed by atoms with Crippen molar-refractivity contribution in [3.05, 3.63) is 0 Å². The van der Waals surface area contributed by atoms with Gasteiger partial charge in [0.25, 0.3) is 0 Å². The highest BCUT2D eigenvalue weighted by Gasteiger charge is 2.34. The summed E-state index contributed by atoms with van der Waals surface area (Å²) < 4.78 is 10.9. The van der Waals surface area contributed by atoms with E-state index in [1.54, 1.807) is 14.0 Å². The zero-order valence-electron chi connectivity index (χ0n) is 8.58. The first kappa shape index (κ1) is 11.0. The number of methoxy groups -OCH3 is 1. The van der Waals surface area contributed by atoms with Gasteiger partial charge in [-0.2, -0.15) is 0 Å². The zero-order valence-corrected chi connectivity index (χ0v) is 8.58. The van der Waals surface area contributed by atoms with E-state index in [4.69, 9.17) is 9.47 Å². The Labute approximate surface area is 80.0 Å². The molecular formula is C10H20O3. The van der Waals surface area contributed by atoms with Gasteiger partial charge >= 0.3 is 0 Å². The first-order chi connectivity index (χ1) is 6.18. The molecule has 0 bridgehead atoms. The topological polar surface area (TPSA) is 38.7 Å². The maximum atomic E-state index is 9.36. The number of aliphatic hydroxyl groups is 1. The van der Waals surface area contributed by atoms with Gasteiger partial charge in [-0.3, -0.25) is 0 Å². The molecule has 1 rings (SSSR count). The Kier molecular flexibility index (Phi) is 4.16. The second-order valence-corrected chi connectivity index (χ2v) is 3.97. The van der Waals surface area contributed by atoms with Crippen molar-refractivity contribution in [3.63, 3.8) is 0 Å². The molecule has 0 spiro atoms. The van der Waals surface area contributed by atoms with E-state index in [1.165, 1.54) is 6.42 Å². The summed E-state index contributed by atoms with van der Waals surface area (Å²) in [6.45, 7) is 3.20. The summed E-state index contributed by atoms with van der Waals surface area (Å²) in [6.07, 6.45) is 3.68. The van der Waals surface area contributed by atoms with Crippen LogP contribution in [0.4, 0.5) is 0 Å². The molecule has 13 heavy (non-hydrogen) atoms. The van der Waals surface area contributed by atoms with Crippen LogP contribution in [0.5, 0.6) is 0 Å². The molecule has 0 aromatic heterocycles. The molecule has 78 valence electrons. The Morgan fingerprint density at radius 1 is 1.54 bits per heavy atom. The van der Waals surface area contributed by atoms with E-state index in [2.05, 4.69) is 0 Å². The Morgan fingerprint density at radius 2 is 2.31 bits per heavy atom. The van der Waals surface area contributed by atoms with Crippen molar-refractivity contribution in [2.75, 3.05) is 20.3 Å². The van der Waals surface area contributed by atoms with Crippen molar-refractivity contribution in [1.82, 2.24) is 0 Å². The van der Waals surface area contributed by atoms with Gasteiger partial charge in [-0.25, -0.2) is 0 Å². The maximum Gasteiger partial charge on any atom is 0.0939 e. The number of hydrogen-bond acceptors (Lipinski definition) is 3. The normalized spacial score (nSPS) is 31.6. The third-order valence-corrected chi connectivity index (χ3v) is 2.51. The van der Waals surface area contributed by atoms with Crippen LogP contribution in [0.2, 0.25) is 0 Å². The van der Waals surface area contributed by atoms with Crippen molar-refractivity contribution in [2.45, 2.75) is 44.3 Å². The van der Waals surface area contributed by atoms with Crippen LogP contribution in [0, 0.1) is 0 Å². The summed E-state index contributed by atoms with van der Waals surface area (Å²) in [6, 6.07) is 0. The molecule has 0 saturated carbocycles. The molecule has 1 unspecified atom stereocenters. The minimum atomic E-state index is -0.312. The van der Waals surface area contributed by atoms with Gasteiger partial charge in [0.15, 0.2) is 0 Å². The Morgan fingerprint density at radius 3 is 2.77 bits per heavy atom. The van der Waals surface area contributed by atoms with Gasteiger partial charge in [0.1, 0.15) is 0 Å². The molecule has 1 aliphatic heterocycles. The van der Waals surface area contributed by atoms with Crippen molar-refractivity contribution in [1.29, 1.82) is 0 Å². The van der Waals surface area contributed by atoms with Gasteiger partial charge < -0.3 is 14.6 Å². The monoisotopic (exact) mass is 188 g/mol. The number of aliphatic hydroxyl groups excluding tert-OH is 1. The van der Waals surface area contributed by atoms with Crippen LogP contribution in [0.3, 0.4) is 0 Å². The van der Waals surface area contributed by atoms with Gasteiger partial charge in [0.05, 0.1) is 18.3 Å². The predicted octanol–water partition coefficient (Wildman–Crippen LogP) is 1.34. The minimum absolute atomic E-state index is 0.221. The lowest BCUT2D eigenvalue weighted by Crippen LogP contribution is -2.43. The SMILES string of the molecule is COCC1(C[C@@H](C)O)CCCCO1. The third kappa shape index (κ3) is 3.25. The van der Waals surface area contributed by atoms with Gasteiger partial charge in [-0.15, -0.1) is 0 Å². The van der Waals surface area contributed by atoms with E-state index in [0.717, 1.165) is 19.4 Å². The second-order valence-electron chi connectivity index (χ2n) is 3.97. The summed E-state index contributed by atoms with van der Waals surface area (Å²) in [5.74, 6) is 0. The standard InChI is InChI=1S/C10H20O3/c1-9(11)7-10(8-12-2)5-3-4-6-13-10/h9,11H,3-8H2,1-2H3/t9-,10?/m1/s1. The highest BCUT2D eigenvalue weighted by molar-refractivity contribution is 4.85. The summed E-state index contributed by atoms with van der Waals surface area (Å²) >= 11 is 0. The van der Waals surface area contributed by atoms with Gasteiger partial charge in [-0.05, 0) is 26.2 Å². The molecule has 1 N–H and O–H groups in total. The van der Waals surface area contributed by atoms with Gasteiger partial charge in [-0.1, -0.05) is 0 Å². The highest BCUT2D eigenvalue weighted by Crippen LogP contribution is 2.29. The molecule has 3 nitrogen and oxygen atoms in total. The summed E-state index contributed by atoms with van der Waals surface area (Å²) in [4.78, 5) is 0. The fourth-order valence-electron chi connectivity index (χ4n) is 2.05. The third-order valence-electron chi connectivity index (χ3n) is 2.51. The van der Waals surface area contributed by atoms with Crippen molar-refractivity contribution in [2.24, 2.45) is 0 Å². The maximum absolute atomic E-state index is 9.36. The Balaban J connectivity index is 2.50. The number of rotatable bonds is 4. The molecule has 0 aromatic rings. The summed E-state index contributed by atoms with van der Waals surface area (Å²) in [5, 5.41) is 9.36. The molecule has 1 fully saturated rings. The molecule has 0 aliphatic carbocycles. The molecule has 1 aliphatic rings. The molecule has 1 heterocycles. The lowest BCUT2D eigenvalue weighted by Gasteiger charge is -2.37. The van der Waals surface area contributed by atoms with E-state index in [-0.39, 0.29) is 11.7 Å². The average Bonchev–Trinajstić information content (AvgIpc) is 2.04. The van der Waals surface area contributed by atoms with Gasteiger partial charge in [0, 0.05) is 20.1 Å². The predicted molar refractivity (Wildman–Crippen MR) is 50.7 cm³/mol. The van der Waals surface area contributed by atoms with E-state index >= 15 is 0 Å². The second kappa shape index (κ2) is 4.94. The van der Waals surface area contributed by atoms with Crippen LogP contribution in [-0.4, -0.2) is 37.1 Å². The molecule has 3 heteroatoms. The van der Waals surface area contributed by atoms with Crippen LogP contribution in [0.25, 0.3) is 0 Å². The van der Waals surface area contributed by atoms with E-state index in [1.807, 2.05) is 0 Å². The van der Waals surface area contributed by atoms with Crippen LogP contribution < -0.4 is 0 Å². The van der Waals surface area contributed by atoms with E-state index in [9.17, 15) is 5.11 Å². The Hall–Kier alpha value is -0.120. The van der Waals surface area contributed by atoms with Crippen LogP contribution >= 0.6 is 0 Å². The van der Waals surface area contributed by atoms with Gasteiger partial charge in [0.2, 0.25) is 0 Å². The molecule has 0 aromatic carbocycles. The number of ether oxygens (including phenoxy) is 2. The smallest absolute Gasteiger partial charge is 0.0939 e. The first-order valence-corrected chi connectivity index (χ1v) is 4.99. The van der Waals surface area contributed by atoms with E-state index < -0.39 is 0 Å². The lowest BCUT2D eigenvalue weighted by atomic mass is 9.89. The van der Waals surface area contributed by atoms with Crippen molar-refractivity contribution in [3.8, 4) is 0 Å². The van der Waals surface area contributed by atoms with Crippen LogP contribution in [-0.2, 0) is 9.47 Å². The summed E-state index contributed by atoms with van der Waals surface area (Å²) in [7, 11) is 1.68. The molecular weight excluding hydrogens is 168 g/mol. The van der Waals surface area contributed by atoms with Crippen LogP contribution in [0.15, 0.2) is 0 Å². The molecule has 1 saturated heterocycles. The molecule has 0 radical (unpaired) electrons. The van der Waals surface area contributed by atoms with Crippen molar-refractivity contribution >= 4 is 0 Å². The molecule has 2 atom stereocenters. The largest absolute Gasteiger partial charge is 0.393 e. The summed E-state index contributed by atoms with van der Waals surface area (Å²) in [5.41, 5.74) is -0.221. The Bertz CT molecular complexity index is 134. The first-order valence-electron chi connectivity index (χ1n) is 4.99. The number of hydrogen-bond donors (Lipinski definition) is 1. The van der Waals surface area contributed by atoms with Crippen LogP contribution in [0.1, 0.15) is 32.6 Å². The van der Waals surface area contributed by atoms with Crippen molar-refractivity contribution < 1.29 is 14.6 Å².